The molecule has 0 aliphatic heterocycles. The van der Waals surface area contributed by atoms with Crippen molar-refractivity contribution in [1.29, 1.82) is 0 Å². The van der Waals surface area contributed by atoms with Crippen molar-refractivity contribution in [3.63, 3.8) is 0 Å². The average Bonchev–Trinajstić information content (AvgIpc) is 2.02. The van der Waals surface area contributed by atoms with Crippen molar-refractivity contribution in [3.05, 3.63) is 29.8 Å². The Balaban J connectivity index is 3.10. The van der Waals surface area contributed by atoms with E-state index in [-0.39, 0.29) is 11.3 Å². The van der Waals surface area contributed by atoms with Crippen LogP contribution in [0.3, 0.4) is 0 Å². The van der Waals surface area contributed by atoms with E-state index in [1.54, 1.807) is 12.1 Å². The lowest BCUT2D eigenvalue weighted by Crippen LogP contribution is -1.97. The van der Waals surface area contributed by atoms with E-state index in [1.807, 2.05) is 0 Å². The quantitative estimate of drug-likeness (QED) is 0.471. The maximum Gasteiger partial charge on any atom is 0.161 e. The van der Waals surface area contributed by atoms with Gasteiger partial charge in [0.15, 0.2) is 5.78 Å². The van der Waals surface area contributed by atoms with E-state index < -0.39 is 12.6 Å². The van der Waals surface area contributed by atoms with Crippen LogP contribution >= 0.6 is 0 Å². The van der Waals surface area contributed by atoms with Crippen molar-refractivity contribution in [3.8, 4) is 0 Å². The standard InChI is InChI=1S/C8H9NO/c1-6(10)7-4-2-3-5-8(7)9/h2-5H,9H2,1H3/i1D3. The maximum absolute atomic E-state index is 11.2. The number of carbonyl (C=O) groups is 1. The molecule has 0 amide bonds. The van der Waals surface area contributed by atoms with Crippen LogP contribution in [0.15, 0.2) is 24.3 Å². The fourth-order valence-corrected chi connectivity index (χ4v) is 0.704. The Labute approximate surface area is 63.9 Å². The Morgan fingerprint density at radius 3 is 2.90 bits per heavy atom. The molecule has 0 aliphatic rings. The van der Waals surface area contributed by atoms with Gasteiger partial charge in [-0.2, -0.15) is 0 Å². The maximum atomic E-state index is 11.2. The molecule has 0 aliphatic carbocycles. The fourth-order valence-electron chi connectivity index (χ4n) is 0.704. The van der Waals surface area contributed by atoms with Crippen LogP contribution in [0, 0.1) is 0 Å². The molecule has 1 rings (SSSR count). The highest BCUT2D eigenvalue weighted by Crippen LogP contribution is 2.09. The van der Waals surface area contributed by atoms with Gasteiger partial charge < -0.3 is 5.73 Å². The molecule has 0 bridgehead atoms. The van der Waals surface area contributed by atoms with E-state index in [4.69, 9.17) is 9.85 Å². The molecule has 1 aromatic carbocycles. The molecule has 0 unspecified atom stereocenters. The summed E-state index contributed by atoms with van der Waals surface area (Å²) in [5.41, 5.74) is 5.70. The van der Waals surface area contributed by atoms with Gasteiger partial charge in [-0.05, 0) is 19.0 Å². The first-order valence-corrected chi connectivity index (χ1v) is 2.82. The monoisotopic (exact) mass is 138 g/mol. The summed E-state index contributed by atoms with van der Waals surface area (Å²) in [5, 5.41) is 0. The molecule has 1 aromatic rings. The minimum atomic E-state index is -2.62. The molecule has 2 heteroatoms. The molecule has 0 aromatic heterocycles. The zero-order chi connectivity index (χ0) is 10.1. The summed E-state index contributed by atoms with van der Waals surface area (Å²) in [6.07, 6.45) is 0. The molecule has 0 fully saturated rings. The largest absolute Gasteiger partial charge is 0.398 e. The first kappa shape index (κ1) is 3.76. The number of carbonyl (C=O) groups excluding carboxylic acids is 1. The zero-order valence-electron chi connectivity index (χ0n) is 8.29. The molecule has 0 saturated carbocycles. The van der Waals surface area contributed by atoms with Crippen LogP contribution in [0.1, 0.15) is 21.3 Å². The third kappa shape index (κ3) is 1.16. The van der Waals surface area contributed by atoms with Gasteiger partial charge in [0.05, 0.1) is 0 Å². The molecule has 0 radical (unpaired) electrons. The van der Waals surface area contributed by atoms with Gasteiger partial charge in [0, 0.05) is 15.4 Å². The number of hydrogen-bond acceptors (Lipinski definition) is 2. The Morgan fingerprint density at radius 1 is 1.60 bits per heavy atom. The van der Waals surface area contributed by atoms with Gasteiger partial charge in [-0.15, -0.1) is 0 Å². The van der Waals surface area contributed by atoms with Crippen LogP contribution in [-0.2, 0) is 0 Å². The summed E-state index contributed by atoms with van der Waals surface area (Å²) in [4.78, 5) is 11.2. The highest BCUT2D eigenvalue weighted by molar-refractivity contribution is 5.98. The Kier molecular flexibility index (Phi) is 0.947. The summed E-state index contributed by atoms with van der Waals surface area (Å²) in [5.74, 6) is -0.911. The van der Waals surface area contributed by atoms with Crippen LogP contribution in [0.5, 0.6) is 0 Å². The molecular weight excluding hydrogens is 126 g/mol. The van der Waals surface area contributed by atoms with E-state index in [2.05, 4.69) is 0 Å². The van der Waals surface area contributed by atoms with Crippen LogP contribution < -0.4 is 5.73 Å². The normalized spacial score (nSPS) is 15.0. The van der Waals surface area contributed by atoms with E-state index >= 15 is 0 Å². The number of hydrogen-bond donors (Lipinski definition) is 1. The van der Waals surface area contributed by atoms with Gasteiger partial charge in [-0.25, -0.2) is 0 Å². The Morgan fingerprint density at radius 2 is 2.30 bits per heavy atom. The van der Waals surface area contributed by atoms with Crippen molar-refractivity contribution in [2.45, 2.75) is 6.85 Å². The Hall–Kier alpha value is -1.31. The van der Waals surface area contributed by atoms with Crippen molar-refractivity contribution >= 4 is 11.5 Å². The van der Waals surface area contributed by atoms with E-state index in [0.29, 0.717) is 0 Å². The summed E-state index contributed by atoms with van der Waals surface area (Å²) >= 11 is 0. The first-order valence-electron chi connectivity index (χ1n) is 4.32. The topological polar surface area (TPSA) is 43.1 Å². The van der Waals surface area contributed by atoms with Crippen LogP contribution in [0.25, 0.3) is 0 Å². The van der Waals surface area contributed by atoms with Crippen molar-refractivity contribution < 1.29 is 8.91 Å². The summed E-state index contributed by atoms with van der Waals surface area (Å²) in [6, 6.07) is 6.13. The number of benzene rings is 1. The highest BCUT2D eigenvalue weighted by Gasteiger charge is 2.00. The summed E-state index contributed by atoms with van der Waals surface area (Å²) in [6.45, 7) is -2.62. The number of rotatable bonds is 1. The molecular formula is C8H9NO. The first-order chi connectivity index (χ1) is 5.93. The van der Waals surface area contributed by atoms with Crippen LogP contribution in [0.4, 0.5) is 5.69 Å². The number of para-hydroxylation sites is 1. The van der Waals surface area contributed by atoms with Crippen molar-refractivity contribution in [2.75, 3.05) is 5.73 Å². The van der Waals surface area contributed by atoms with Crippen molar-refractivity contribution in [1.82, 2.24) is 0 Å². The lowest BCUT2D eigenvalue weighted by atomic mass is 10.1. The molecule has 2 N–H and O–H groups in total. The molecule has 0 spiro atoms. The zero-order valence-corrected chi connectivity index (χ0v) is 5.29. The molecule has 10 heavy (non-hydrogen) atoms. The van der Waals surface area contributed by atoms with Gasteiger partial charge in [0.25, 0.3) is 0 Å². The van der Waals surface area contributed by atoms with Gasteiger partial charge in [-0.1, -0.05) is 12.1 Å². The van der Waals surface area contributed by atoms with Gasteiger partial charge in [0.2, 0.25) is 0 Å². The second kappa shape index (κ2) is 2.52. The lowest BCUT2D eigenvalue weighted by molar-refractivity contribution is 0.101. The van der Waals surface area contributed by atoms with E-state index in [1.165, 1.54) is 12.1 Å². The van der Waals surface area contributed by atoms with Gasteiger partial charge >= 0.3 is 0 Å². The third-order valence-electron chi connectivity index (χ3n) is 1.21. The lowest BCUT2D eigenvalue weighted by Gasteiger charge is -1.97. The predicted molar refractivity (Wildman–Crippen MR) is 40.9 cm³/mol. The predicted octanol–water partition coefficient (Wildman–Crippen LogP) is 1.47. The van der Waals surface area contributed by atoms with Gasteiger partial charge in [-0.3, -0.25) is 4.79 Å². The SMILES string of the molecule is [2H]C([2H])([2H])C(=O)c1ccccc1N. The van der Waals surface area contributed by atoms with Gasteiger partial charge in [0.1, 0.15) is 0 Å². The minimum absolute atomic E-state index is 0.0579. The fraction of sp³-hybridized carbons (Fsp3) is 0.125. The molecule has 52 valence electrons. The molecule has 2 nitrogen and oxygen atoms in total. The number of nitrogens with two attached hydrogens (primary N) is 1. The number of nitrogen functional groups attached to an aromatic ring is 1. The number of Topliss-reactive ketones (excluding diaryl/α,β-unsaturated/α-hetero) is 1. The number of ketones is 1. The Bertz CT molecular complexity index is 332. The molecule has 0 heterocycles. The smallest absolute Gasteiger partial charge is 0.161 e. The van der Waals surface area contributed by atoms with E-state index in [9.17, 15) is 4.79 Å². The number of anilines is 1. The molecule has 0 atom stereocenters. The molecule has 0 saturated heterocycles. The minimum Gasteiger partial charge on any atom is -0.398 e. The summed E-state index contributed by atoms with van der Waals surface area (Å²) in [7, 11) is 0. The second-order valence-corrected chi connectivity index (χ2v) is 1.92. The summed E-state index contributed by atoms with van der Waals surface area (Å²) < 4.78 is 20.7. The van der Waals surface area contributed by atoms with Crippen LogP contribution in [-0.4, -0.2) is 5.78 Å². The third-order valence-corrected chi connectivity index (χ3v) is 1.21. The highest BCUT2D eigenvalue weighted by atomic mass is 16.1. The van der Waals surface area contributed by atoms with E-state index in [0.717, 1.165) is 0 Å². The van der Waals surface area contributed by atoms with Crippen LogP contribution in [0.2, 0.25) is 0 Å². The average molecular weight is 138 g/mol. The van der Waals surface area contributed by atoms with Crippen molar-refractivity contribution in [2.24, 2.45) is 0 Å². The second-order valence-electron chi connectivity index (χ2n) is 1.92.